The van der Waals surface area contributed by atoms with Crippen LogP contribution in [0.5, 0.6) is 5.75 Å². The van der Waals surface area contributed by atoms with Crippen LogP contribution in [0.15, 0.2) is 78.9 Å². The van der Waals surface area contributed by atoms with Crippen molar-refractivity contribution in [3.63, 3.8) is 0 Å². The van der Waals surface area contributed by atoms with Gasteiger partial charge in [0.2, 0.25) is 5.91 Å². The Hall–Kier alpha value is -3.02. The summed E-state index contributed by atoms with van der Waals surface area (Å²) in [5, 5.41) is 3.97. The van der Waals surface area contributed by atoms with E-state index in [1.165, 1.54) is 0 Å². The maximum Gasteiger partial charge on any atom is 0.261 e. The van der Waals surface area contributed by atoms with E-state index < -0.39 is 6.04 Å². The van der Waals surface area contributed by atoms with E-state index in [1.54, 1.807) is 41.3 Å². The van der Waals surface area contributed by atoms with Gasteiger partial charge < -0.3 is 15.0 Å². The first-order valence-corrected chi connectivity index (χ1v) is 12.3. The molecule has 0 bridgehead atoms. The lowest BCUT2D eigenvalue weighted by atomic mass is 10.0. The topological polar surface area (TPSA) is 58.6 Å². The number of amides is 2. The van der Waals surface area contributed by atoms with Crippen molar-refractivity contribution in [2.45, 2.75) is 32.9 Å². The van der Waals surface area contributed by atoms with E-state index in [9.17, 15) is 9.59 Å². The Morgan fingerprint density at radius 2 is 1.60 bits per heavy atom. The summed E-state index contributed by atoms with van der Waals surface area (Å²) in [5.74, 6) is 0.146. The van der Waals surface area contributed by atoms with Gasteiger partial charge in [0.15, 0.2) is 6.61 Å². The average molecular weight is 513 g/mol. The Bertz CT molecular complexity index is 1120. The van der Waals surface area contributed by atoms with Crippen molar-refractivity contribution < 1.29 is 14.3 Å². The molecule has 0 aliphatic carbocycles. The van der Waals surface area contributed by atoms with Gasteiger partial charge >= 0.3 is 0 Å². The van der Waals surface area contributed by atoms with Crippen LogP contribution in [0.3, 0.4) is 0 Å². The molecule has 3 aromatic carbocycles. The van der Waals surface area contributed by atoms with E-state index in [4.69, 9.17) is 27.9 Å². The number of nitrogens with one attached hydrogen (secondary N) is 1. The van der Waals surface area contributed by atoms with Gasteiger partial charge in [-0.05, 0) is 41.3 Å². The quantitative estimate of drug-likeness (QED) is 0.354. The molecule has 0 spiro atoms. The second kappa shape index (κ2) is 13.2. The molecule has 1 atom stereocenters. The van der Waals surface area contributed by atoms with Gasteiger partial charge in [-0.3, -0.25) is 9.59 Å². The first kappa shape index (κ1) is 26.6. The van der Waals surface area contributed by atoms with Gasteiger partial charge in [0.25, 0.3) is 5.91 Å². The minimum Gasteiger partial charge on any atom is -0.482 e. The fraction of sp³-hybridized carbons (Fsp3) is 0.286. The van der Waals surface area contributed by atoms with Gasteiger partial charge in [-0.15, -0.1) is 0 Å². The number of para-hydroxylation sites is 1. The summed E-state index contributed by atoms with van der Waals surface area (Å²) in [6.45, 7) is 4.52. The summed E-state index contributed by atoms with van der Waals surface area (Å²) in [7, 11) is 0. The molecule has 3 rings (SSSR count). The first-order valence-electron chi connectivity index (χ1n) is 11.6. The second-order valence-corrected chi connectivity index (χ2v) is 9.56. The van der Waals surface area contributed by atoms with Gasteiger partial charge in [0.05, 0.1) is 5.02 Å². The zero-order valence-electron chi connectivity index (χ0n) is 19.9. The Labute approximate surface area is 217 Å². The summed E-state index contributed by atoms with van der Waals surface area (Å²) in [6, 6.07) is 23.2. The molecule has 0 heterocycles. The van der Waals surface area contributed by atoms with Crippen LogP contribution in [0, 0.1) is 5.92 Å². The molecule has 0 fully saturated rings. The van der Waals surface area contributed by atoms with Crippen molar-refractivity contribution in [2.75, 3.05) is 13.2 Å². The standard InChI is InChI=1S/C28H30Cl2N2O3/c1-20(2)17-31-28(34)25(16-21-9-4-3-5-10-21)32(18-22-11-8-12-23(29)15-22)27(33)19-35-26-14-7-6-13-24(26)30/h3-15,20,25H,16-19H2,1-2H3,(H,31,34)/t25-/m1/s1. The van der Waals surface area contributed by atoms with Crippen LogP contribution in [0.25, 0.3) is 0 Å². The van der Waals surface area contributed by atoms with Crippen molar-refractivity contribution in [3.8, 4) is 5.75 Å². The van der Waals surface area contributed by atoms with Gasteiger partial charge in [0, 0.05) is 24.5 Å². The third-order valence-electron chi connectivity index (χ3n) is 5.39. The fourth-order valence-corrected chi connectivity index (χ4v) is 4.00. The smallest absolute Gasteiger partial charge is 0.261 e. The predicted molar refractivity (Wildman–Crippen MR) is 141 cm³/mol. The summed E-state index contributed by atoms with van der Waals surface area (Å²) in [5.41, 5.74) is 1.77. The van der Waals surface area contributed by atoms with Crippen molar-refractivity contribution in [1.29, 1.82) is 0 Å². The van der Waals surface area contributed by atoms with E-state index in [0.717, 1.165) is 11.1 Å². The molecule has 0 saturated heterocycles. The van der Waals surface area contributed by atoms with Crippen LogP contribution in [-0.2, 0) is 22.6 Å². The van der Waals surface area contributed by atoms with E-state index in [1.807, 2.05) is 56.3 Å². The highest BCUT2D eigenvalue weighted by atomic mass is 35.5. The molecule has 184 valence electrons. The Morgan fingerprint density at radius 1 is 0.914 bits per heavy atom. The fourth-order valence-electron chi connectivity index (χ4n) is 3.59. The van der Waals surface area contributed by atoms with Crippen molar-refractivity contribution in [1.82, 2.24) is 10.2 Å². The molecule has 35 heavy (non-hydrogen) atoms. The summed E-state index contributed by atoms with van der Waals surface area (Å²) in [6.07, 6.45) is 0.364. The summed E-state index contributed by atoms with van der Waals surface area (Å²) < 4.78 is 5.74. The Kier molecular flexibility index (Phi) is 10.0. The Balaban J connectivity index is 1.91. The van der Waals surface area contributed by atoms with E-state index in [-0.39, 0.29) is 30.9 Å². The SMILES string of the molecule is CC(C)CNC(=O)[C@@H](Cc1ccccc1)N(Cc1cccc(Cl)c1)C(=O)COc1ccccc1Cl. The third kappa shape index (κ3) is 8.30. The van der Waals surface area contributed by atoms with E-state index in [2.05, 4.69) is 5.32 Å². The molecule has 0 unspecified atom stereocenters. The second-order valence-electron chi connectivity index (χ2n) is 8.72. The van der Waals surface area contributed by atoms with Gasteiger partial charge in [0.1, 0.15) is 11.8 Å². The molecule has 0 saturated carbocycles. The van der Waals surface area contributed by atoms with E-state index >= 15 is 0 Å². The van der Waals surface area contributed by atoms with Crippen molar-refractivity contribution in [2.24, 2.45) is 5.92 Å². The Morgan fingerprint density at radius 3 is 2.29 bits per heavy atom. The highest BCUT2D eigenvalue weighted by molar-refractivity contribution is 6.32. The van der Waals surface area contributed by atoms with Gasteiger partial charge in [-0.25, -0.2) is 0 Å². The minimum atomic E-state index is -0.738. The molecule has 0 aromatic heterocycles. The predicted octanol–water partition coefficient (Wildman–Crippen LogP) is 5.78. The van der Waals surface area contributed by atoms with Crippen LogP contribution < -0.4 is 10.1 Å². The number of nitrogens with zero attached hydrogens (tertiary/aromatic N) is 1. The number of hydrogen-bond acceptors (Lipinski definition) is 3. The normalized spacial score (nSPS) is 11.7. The molecule has 0 aliphatic rings. The molecule has 1 N–H and O–H groups in total. The van der Waals surface area contributed by atoms with Crippen molar-refractivity contribution >= 4 is 35.0 Å². The third-order valence-corrected chi connectivity index (χ3v) is 5.93. The largest absolute Gasteiger partial charge is 0.482 e. The summed E-state index contributed by atoms with van der Waals surface area (Å²) >= 11 is 12.4. The van der Waals surface area contributed by atoms with Crippen LogP contribution in [0.1, 0.15) is 25.0 Å². The maximum absolute atomic E-state index is 13.5. The monoisotopic (exact) mass is 512 g/mol. The minimum absolute atomic E-state index is 0.206. The number of ether oxygens (including phenoxy) is 1. The molecule has 0 aliphatic heterocycles. The van der Waals surface area contributed by atoms with E-state index in [0.29, 0.717) is 28.8 Å². The number of carbonyl (C=O) groups is 2. The van der Waals surface area contributed by atoms with Crippen molar-refractivity contribution in [3.05, 3.63) is 100 Å². The van der Waals surface area contributed by atoms with Gasteiger partial charge in [-0.1, -0.05) is 91.6 Å². The lowest BCUT2D eigenvalue weighted by Crippen LogP contribution is -2.52. The molecule has 5 nitrogen and oxygen atoms in total. The zero-order valence-corrected chi connectivity index (χ0v) is 21.4. The van der Waals surface area contributed by atoms with Gasteiger partial charge in [-0.2, -0.15) is 0 Å². The highest BCUT2D eigenvalue weighted by Gasteiger charge is 2.31. The summed E-state index contributed by atoms with van der Waals surface area (Å²) in [4.78, 5) is 28.5. The molecule has 7 heteroatoms. The molecular weight excluding hydrogens is 483 g/mol. The average Bonchev–Trinajstić information content (AvgIpc) is 2.84. The van der Waals surface area contributed by atoms with Crippen LogP contribution in [-0.4, -0.2) is 35.9 Å². The first-order chi connectivity index (χ1) is 16.8. The highest BCUT2D eigenvalue weighted by Crippen LogP contribution is 2.24. The molecule has 3 aromatic rings. The number of hydrogen-bond donors (Lipinski definition) is 1. The molecule has 2 amide bonds. The number of carbonyl (C=O) groups excluding carboxylic acids is 2. The number of benzene rings is 3. The van der Waals surface area contributed by atoms with Crippen LogP contribution >= 0.6 is 23.2 Å². The maximum atomic E-state index is 13.5. The molecular formula is C28H30Cl2N2O3. The van der Waals surface area contributed by atoms with Crippen LogP contribution in [0.4, 0.5) is 0 Å². The van der Waals surface area contributed by atoms with Crippen LogP contribution in [0.2, 0.25) is 10.0 Å². The number of rotatable bonds is 11. The lowest BCUT2D eigenvalue weighted by Gasteiger charge is -2.31. The molecule has 0 radical (unpaired) electrons. The lowest BCUT2D eigenvalue weighted by molar-refractivity contribution is -0.142. The number of halogens is 2. The zero-order chi connectivity index (χ0) is 25.2.